The minimum atomic E-state index is -0.608. The van der Waals surface area contributed by atoms with Crippen molar-refractivity contribution in [1.82, 2.24) is 9.13 Å². The van der Waals surface area contributed by atoms with E-state index in [4.69, 9.17) is 0 Å². The van der Waals surface area contributed by atoms with E-state index in [0.29, 0.717) is 48.6 Å². The van der Waals surface area contributed by atoms with Crippen molar-refractivity contribution in [2.24, 2.45) is 22.2 Å². The van der Waals surface area contributed by atoms with E-state index in [2.05, 4.69) is 170 Å². The van der Waals surface area contributed by atoms with E-state index in [9.17, 15) is 19.4 Å². The van der Waals surface area contributed by atoms with Gasteiger partial charge in [-0.15, -0.1) is 0 Å². The van der Waals surface area contributed by atoms with Crippen LogP contribution in [0.15, 0.2) is 132 Å². The molecule has 82 heavy (non-hydrogen) atoms. The summed E-state index contributed by atoms with van der Waals surface area (Å²) in [7, 11) is 0. The molecule has 422 valence electrons. The number of hydrogen-bond donors (Lipinski definition) is 0. The van der Waals surface area contributed by atoms with Crippen molar-refractivity contribution in [1.29, 1.82) is 0 Å². The summed E-state index contributed by atoms with van der Waals surface area (Å²) in [6.45, 7) is 23.0. The van der Waals surface area contributed by atoms with E-state index in [0.717, 1.165) is 172 Å². The predicted molar refractivity (Wildman–Crippen MR) is 344 cm³/mol. The van der Waals surface area contributed by atoms with Gasteiger partial charge in [-0.3, -0.25) is 9.59 Å². The molecule has 10 rings (SSSR count). The van der Waals surface area contributed by atoms with Crippen molar-refractivity contribution in [3.63, 3.8) is 0 Å². The van der Waals surface area contributed by atoms with Crippen LogP contribution >= 0.6 is 0 Å². The second-order valence-corrected chi connectivity index (χ2v) is 24.1. The Labute approximate surface area is 484 Å². The third-order valence-corrected chi connectivity index (χ3v) is 18.3. The highest BCUT2D eigenvalue weighted by Gasteiger charge is 2.27. The number of carbonyl (C=O) groups excluding carboxylic acids is 2. The van der Waals surface area contributed by atoms with Gasteiger partial charge in [0.2, 0.25) is 0 Å². The molecule has 2 heterocycles. The van der Waals surface area contributed by atoms with Gasteiger partial charge in [0.15, 0.2) is 11.6 Å². The number of ketones is 2. The number of aromatic nitrogens is 2. The average Bonchev–Trinajstić information content (AvgIpc) is 2.39. The maximum atomic E-state index is 14.9. The van der Waals surface area contributed by atoms with Crippen LogP contribution < -0.4 is 0 Å². The predicted octanol–water partition coefficient (Wildman–Crippen LogP) is 20.8. The lowest BCUT2D eigenvalue weighted by Crippen LogP contribution is -2.11. The molecule has 0 saturated heterocycles. The smallest absolute Gasteiger partial charge is 0.194 e. The normalized spacial score (nSPS) is 13.4. The molecule has 0 bridgehead atoms. The zero-order chi connectivity index (χ0) is 57.9. The summed E-state index contributed by atoms with van der Waals surface area (Å²) in [6.07, 6.45) is 11.4. The third-order valence-electron chi connectivity index (χ3n) is 18.3. The summed E-state index contributed by atoms with van der Waals surface area (Å²) in [5, 5.41) is 15.5. The molecule has 8 nitrogen and oxygen atoms in total. The first-order valence-corrected chi connectivity index (χ1v) is 30.6. The molecule has 8 aromatic carbocycles. The quantitative estimate of drug-likeness (QED) is 0.0323. The zero-order valence-electron chi connectivity index (χ0n) is 50.2. The molecule has 4 atom stereocenters. The Bertz CT molecular complexity index is 3770. The van der Waals surface area contributed by atoms with E-state index < -0.39 is 12.1 Å². The van der Waals surface area contributed by atoms with Crippen LogP contribution in [0.2, 0.25) is 0 Å². The highest BCUT2D eigenvalue weighted by Crippen LogP contribution is 2.43. The van der Waals surface area contributed by atoms with Gasteiger partial charge in [0.25, 0.3) is 0 Å². The van der Waals surface area contributed by atoms with Gasteiger partial charge >= 0.3 is 0 Å². The molecule has 0 aliphatic rings. The first-order chi connectivity index (χ1) is 39.7. The van der Waals surface area contributed by atoms with Crippen LogP contribution in [0.3, 0.4) is 0 Å². The van der Waals surface area contributed by atoms with Crippen LogP contribution in [0.5, 0.6) is 0 Å². The topological polar surface area (TPSA) is 103 Å². The van der Waals surface area contributed by atoms with E-state index in [1.807, 2.05) is 39.8 Å². The Morgan fingerprint density at radius 1 is 0.415 bits per heavy atom. The molecular formula is C74H82N4O4. The first-order valence-electron chi connectivity index (χ1n) is 30.6. The van der Waals surface area contributed by atoms with Gasteiger partial charge in [-0.05, 0) is 160 Å². The largest absolute Gasteiger partial charge is 0.340 e. The molecule has 0 radical (unpaired) electrons. The standard InChI is InChI=1S/C74H82N4O4/c1-11-15-23-51(13-3)43-77-67-33-31-53(39-59(67)61-41-63(55-25-17-19-27-57(55)71(61)77)73(79)69-47(7)35-45(5)36-48(69)8)65(75-81)29-21-22-30-66(76-82)54-32-34-68-60(40-54)62-42-64(74(80)70-49(9)37-46(6)38-50(70)10)56-26-18-20-28-58(56)72(62)78(68)44-52(14-4)24-16-12-2/h17-20,25-28,31-42,51-52,65-66H,11-16,21-24,29-30,43-44H2,1-10H3. The summed E-state index contributed by atoms with van der Waals surface area (Å²) >= 11 is 0. The molecule has 0 aliphatic carbocycles. The van der Waals surface area contributed by atoms with Gasteiger partial charge in [0.1, 0.15) is 12.1 Å². The molecule has 0 aliphatic heterocycles. The van der Waals surface area contributed by atoms with E-state index in [-0.39, 0.29) is 11.6 Å². The zero-order valence-corrected chi connectivity index (χ0v) is 50.2. The van der Waals surface area contributed by atoms with Crippen molar-refractivity contribution in [3.8, 4) is 0 Å². The van der Waals surface area contributed by atoms with Gasteiger partial charge in [-0.25, -0.2) is 0 Å². The summed E-state index contributed by atoms with van der Waals surface area (Å²) < 4.78 is 4.96. The first kappa shape index (κ1) is 57.6. The highest BCUT2D eigenvalue weighted by atomic mass is 16.3. The molecule has 10 aromatic rings. The number of hydrogen-bond acceptors (Lipinski definition) is 6. The minimum Gasteiger partial charge on any atom is -0.340 e. The molecule has 0 N–H and O–H groups in total. The number of fused-ring (bicyclic) bond motifs is 10. The number of nitrogens with zero attached hydrogens (tertiary/aromatic N) is 4. The van der Waals surface area contributed by atoms with Crippen LogP contribution in [0, 0.1) is 63.2 Å². The highest BCUT2D eigenvalue weighted by molar-refractivity contribution is 6.28. The Kier molecular flexibility index (Phi) is 17.5. The fraction of sp³-hybridized carbons (Fsp3) is 0.378. The van der Waals surface area contributed by atoms with Crippen LogP contribution in [-0.4, -0.2) is 20.7 Å². The average molecular weight is 1090 g/mol. The van der Waals surface area contributed by atoms with Crippen LogP contribution in [0.25, 0.3) is 65.2 Å². The number of unbranched alkanes of at least 4 members (excludes halogenated alkanes) is 3. The number of benzene rings is 8. The van der Waals surface area contributed by atoms with Crippen molar-refractivity contribution >= 4 is 76.7 Å². The Hall–Kier alpha value is -7.58. The van der Waals surface area contributed by atoms with E-state index in [1.54, 1.807) is 0 Å². The Balaban J connectivity index is 0.983. The maximum absolute atomic E-state index is 14.9. The van der Waals surface area contributed by atoms with Crippen molar-refractivity contribution in [2.45, 2.75) is 171 Å². The molecular weight excluding hydrogens is 1010 g/mol. The Morgan fingerprint density at radius 3 is 1.12 bits per heavy atom. The fourth-order valence-electron chi connectivity index (χ4n) is 14.1. The van der Waals surface area contributed by atoms with Crippen LogP contribution in [0.1, 0.15) is 193 Å². The summed E-state index contributed by atoms with van der Waals surface area (Å²) in [4.78, 5) is 55.8. The van der Waals surface area contributed by atoms with Gasteiger partial charge in [0, 0.05) is 78.7 Å². The second-order valence-electron chi connectivity index (χ2n) is 24.1. The molecule has 0 spiro atoms. The van der Waals surface area contributed by atoms with Crippen LogP contribution in [-0.2, 0) is 13.1 Å². The molecule has 0 amide bonds. The molecule has 0 saturated carbocycles. The van der Waals surface area contributed by atoms with Crippen LogP contribution in [0.4, 0.5) is 0 Å². The molecule has 0 fully saturated rings. The van der Waals surface area contributed by atoms with Gasteiger partial charge in [-0.1, -0.05) is 185 Å². The summed E-state index contributed by atoms with van der Waals surface area (Å²) in [6, 6.07) is 40.8. The summed E-state index contributed by atoms with van der Waals surface area (Å²) in [5.41, 5.74) is 15.1. The van der Waals surface area contributed by atoms with Gasteiger partial charge in [0.05, 0.1) is 11.0 Å². The Morgan fingerprint density at radius 2 is 0.780 bits per heavy atom. The van der Waals surface area contributed by atoms with Crippen molar-refractivity contribution < 1.29 is 9.59 Å². The lowest BCUT2D eigenvalue weighted by molar-refractivity contribution is 0.103. The van der Waals surface area contributed by atoms with Crippen molar-refractivity contribution in [3.05, 3.63) is 198 Å². The molecule has 8 heteroatoms. The number of rotatable bonds is 25. The number of carbonyl (C=O) groups is 2. The maximum Gasteiger partial charge on any atom is 0.194 e. The molecule has 2 aromatic heterocycles. The van der Waals surface area contributed by atoms with Crippen molar-refractivity contribution in [2.75, 3.05) is 0 Å². The number of nitroso groups, excluding NO2 is 2. The van der Waals surface area contributed by atoms with Gasteiger partial charge in [-0.2, -0.15) is 9.81 Å². The fourth-order valence-corrected chi connectivity index (χ4v) is 14.1. The SMILES string of the molecule is CCCCC(CC)Cn1c2ccc(C(CCCCC(N=O)c3ccc4c(c3)c3cc(C(=O)c5c(C)cc(C)cc5C)c5ccccc5c3n4CC(CC)CCCC)N=O)cc2c2cc(C(=O)c3c(C)cc(C)cc3C)c3ccccc3c21. The number of aryl methyl sites for hydroxylation is 6. The monoisotopic (exact) mass is 1090 g/mol. The molecule has 4 unspecified atom stereocenters. The summed E-state index contributed by atoms with van der Waals surface area (Å²) in [5.74, 6) is 0.984. The third kappa shape index (κ3) is 11.0. The minimum absolute atomic E-state index is 0.0166. The van der Waals surface area contributed by atoms with Gasteiger partial charge < -0.3 is 9.13 Å². The lowest BCUT2D eigenvalue weighted by Gasteiger charge is -2.19. The van der Waals surface area contributed by atoms with E-state index >= 15 is 0 Å². The second kappa shape index (κ2) is 24.9. The van der Waals surface area contributed by atoms with E-state index in [1.165, 1.54) is 12.8 Å². The lowest BCUT2D eigenvalue weighted by atomic mass is 9.89.